The Morgan fingerprint density at radius 2 is 1.81 bits per heavy atom. The number of carbonyl (C=O) groups is 1. The molecule has 1 atom stereocenters. The summed E-state index contributed by atoms with van der Waals surface area (Å²) in [5, 5.41) is 0. The van der Waals surface area contributed by atoms with Gasteiger partial charge in [0.2, 0.25) is 5.91 Å². The predicted molar refractivity (Wildman–Crippen MR) is 106 cm³/mol. The molecule has 136 valence electrons. The molecule has 3 heteroatoms. The molecule has 0 unspecified atom stereocenters. The van der Waals surface area contributed by atoms with Crippen molar-refractivity contribution in [2.75, 3.05) is 31.6 Å². The van der Waals surface area contributed by atoms with Crippen molar-refractivity contribution < 1.29 is 4.79 Å². The first-order valence-corrected chi connectivity index (χ1v) is 9.71. The molecule has 2 aliphatic rings. The number of hydrogen-bond donors (Lipinski definition) is 0. The molecule has 26 heavy (non-hydrogen) atoms. The van der Waals surface area contributed by atoms with E-state index in [-0.39, 0.29) is 5.41 Å². The van der Waals surface area contributed by atoms with Gasteiger partial charge >= 0.3 is 0 Å². The fourth-order valence-corrected chi connectivity index (χ4v) is 4.31. The van der Waals surface area contributed by atoms with Gasteiger partial charge in [-0.3, -0.25) is 4.79 Å². The number of rotatable bonds is 5. The minimum absolute atomic E-state index is 0.250. The fraction of sp³-hybridized carbons (Fsp3) is 0.435. The van der Waals surface area contributed by atoms with Crippen LogP contribution in [0.25, 0.3) is 0 Å². The van der Waals surface area contributed by atoms with Gasteiger partial charge in [0.1, 0.15) is 0 Å². The Bertz CT molecular complexity index is 765. The number of nitrogens with zero attached hydrogens (tertiary/aromatic N) is 2. The minimum Gasteiger partial charge on any atom is -0.371 e. The summed E-state index contributed by atoms with van der Waals surface area (Å²) in [6.45, 7) is 5.07. The van der Waals surface area contributed by atoms with E-state index in [1.807, 2.05) is 11.9 Å². The number of carbonyl (C=O) groups excluding carboxylic acids is 1. The second-order valence-corrected chi connectivity index (χ2v) is 8.07. The summed E-state index contributed by atoms with van der Waals surface area (Å²) >= 11 is 0. The van der Waals surface area contributed by atoms with Gasteiger partial charge in [-0.15, -0.1) is 0 Å². The van der Waals surface area contributed by atoms with Crippen molar-refractivity contribution in [3.63, 3.8) is 0 Å². The quantitative estimate of drug-likeness (QED) is 0.815. The Hall–Kier alpha value is -2.29. The lowest BCUT2D eigenvalue weighted by Gasteiger charge is -2.27. The summed E-state index contributed by atoms with van der Waals surface area (Å²) in [6, 6.07) is 19.1. The normalized spacial score (nSPS) is 20.8. The van der Waals surface area contributed by atoms with Crippen LogP contribution in [0, 0.1) is 12.8 Å². The van der Waals surface area contributed by atoms with Crippen LogP contribution in [0.5, 0.6) is 0 Å². The van der Waals surface area contributed by atoms with Crippen LogP contribution in [0.15, 0.2) is 54.6 Å². The van der Waals surface area contributed by atoms with Crippen LogP contribution >= 0.6 is 0 Å². The topological polar surface area (TPSA) is 23.6 Å². The third-order valence-electron chi connectivity index (χ3n) is 6.05. The summed E-state index contributed by atoms with van der Waals surface area (Å²) in [7, 11) is 1.99. The van der Waals surface area contributed by atoms with Crippen molar-refractivity contribution >= 4 is 11.6 Å². The summed E-state index contributed by atoms with van der Waals surface area (Å²) in [6.07, 6.45) is 3.13. The SMILES string of the molecule is Cc1ccc(C2(C(=O)N(C)C[C@H]3CCN(c4ccccc4)C3)CC2)cc1. The van der Waals surface area contributed by atoms with Crippen LogP contribution in [0.1, 0.15) is 30.4 Å². The molecule has 4 rings (SSSR count). The lowest BCUT2D eigenvalue weighted by molar-refractivity contribution is -0.133. The maximum Gasteiger partial charge on any atom is 0.232 e. The van der Waals surface area contributed by atoms with Crippen LogP contribution < -0.4 is 4.90 Å². The highest BCUT2D eigenvalue weighted by Gasteiger charge is 2.52. The van der Waals surface area contributed by atoms with Crippen molar-refractivity contribution in [3.05, 3.63) is 65.7 Å². The molecule has 2 aromatic carbocycles. The van der Waals surface area contributed by atoms with Crippen LogP contribution in [-0.2, 0) is 10.2 Å². The molecular weight excluding hydrogens is 320 g/mol. The Labute approximate surface area is 156 Å². The van der Waals surface area contributed by atoms with Crippen molar-refractivity contribution in [2.24, 2.45) is 5.92 Å². The summed E-state index contributed by atoms with van der Waals surface area (Å²) in [5.41, 5.74) is 3.48. The number of aryl methyl sites for hydroxylation is 1. The Morgan fingerprint density at radius 1 is 1.12 bits per heavy atom. The van der Waals surface area contributed by atoms with E-state index in [1.165, 1.54) is 16.8 Å². The maximum atomic E-state index is 13.2. The van der Waals surface area contributed by atoms with Gasteiger partial charge < -0.3 is 9.80 Å². The molecule has 1 heterocycles. The van der Waals surface area contributed by atoms with Crippen LogP contribution in [0.4, 0.5) is 5.69 Å². The molecule has 2 fully saturated rings. The molecule has 1 aliphatic heterocycles. The molecule has 0 radical (unpaired) electrons. The third-order valence-corrected chi connectivity index (χ3v) is 6.05. The average molecular weight is 348 g/mol. The molecule has 0 aromatic heterocycles. The molecule has 0 spiro atoms. The number of anilines is 1. The van der Waals surface area contributed by atoms with E-state index in [0.29, 0.717) is 11.8 Å². The van der Waals surface area contributed by atoms with Gasteiger partial charge in [-0.05, 0) is 49.8 Å². The van der Waals surface area contributed by atoms with Crippen LogP contribution in [0.3, 0.4) is 0 Å². The monoisotopic (exact) mass is 348 g/mol. The molecule has 1 aliphatic carbocycles. The highest BCUT2D eigenvalue weighted by molar-refractivity contribution is 5.91. The molecule has 0 N–H and O–H groups in total. The zero-order chi connectivity index (χ0) is 18.1. The first kappa shape index (κ1) is 17.1. The fourth-order valence-electron chi connectivity index (χ4n) is 4.31. The van der Waals surface area contributed by atoms with Crippen molar-refractivity contribution in [1.82, 2.24) is 4.90 Å². The number of hydrogen-bond acceptors (Lipinski definition) is 2. The Morgan fingerprint density at radius 3 is 2.46 bits per heavy atom. The van der Waals surface area contributed by atoms with Crippen LogP contribution in [-0.4, -0.2) is 37.5 Å². The van der Waals surface area contributed by atoms with Gasteiger partial charge in [-0.1, -0.05) is 48.0 Å². The lowest BCUT2D eigenvalue weighted by atomic mass is 9.93. The van der Waals surface area contributed by atoms with E-state index in [0.717, 1.165) is 38.9 Å². The molecule has 3 nitrogen and oxygen atoms in total. The van der Waals surface area contributed by atoms with Gasteiger partial charge in [0.15, 0.2) is 0 Å². The lowest BCUT2D eigenvalue weighted by Crippen LogP contribution is -2.39. The predicted octanol–water partition coefficient (Wildman–Crippen LogP) is 4.01. The minimum atomic E-state index is -0.250. The molecule has 0 bridgehead atoms. The highest BCUT2D eigenvalue weighted by Crippen LogP contribution is 2.49. The molecule has 2 aromatic rings. The van der Waals surface area contributed by atoms with Crippen molar-refractivity contribution in [2.45, 2.75) is 31.6 Å². The first-order valence-electron chi connectivity index (χ1n) is 9.71. The van der Waals surface area contributed by atoms with Crippen LogP contribution in [0.2, 0.25) is 0 Å². The Balaban J connectivity index is 1.38. The number of para-hydroxylation sites is 1. The molecule has 1 saturated heterocycles. The van der Waals surface area contributed by atoms with Gasteiger partial charge in [-0.25, -0.2) is 0 Å². The zero-order valence-corrected chi connectivity index (χ0v) is 15.8. The van der Waals surface area contributed by atoms with Gasteiger partial charge in [0.05, 0.1) is 5.41 Å². The number of likely N-dealkylation sites (N-methyl/N-ethyl adjacent to an activating group) is 1. The second-order valence-electron chi connectivity index (χ2n) is 8.07. The number of amides is 1. The van der Waals surface area contributed by atoms with Crippen molar-refractivity contribution in [1.29, 1.82) is 0 Å². The zero-order valence-electron chi connectivity index (χ0n) is 15.8. The van der Waals surface area contributed by atoms with Gasteiger partial charge in [0, 0.05) is 32.4 Å². The third kappa shape index (κ3) is 3.23. The summed E-state index contributed by atoms with van der Waals surface area (Å²) in [4.78, 5) is 17.6. The highest BCUT2D eigenvalue weighted by atomic mass is 16.2. The van der Waals surface area contributed by atoms with Gasteiger partial charge in [0.25, 0.3) is 0 Å². The molecule has 1 amide bonds. The Kier molecular flexibility index (Phi) is 4.47. The van der Waals surface area contributed by atoms with E-state index in [1.54, 1.807) is 0 Å². The molecular formula is C23H28N2O. The molecule has 1 saturated carbocycles. The second kappa shape index (κ2) is 6.79. The maximum absolute atomic E-state index is 13.2. The van der Waals surface area contributed by atoms with E-state index in [4.69, 9.17) is 0 Å². The largest absolute Gasteiger partial charge is 0.371 e. The summed E-state index contributed by atoms with van der Waals surface area (Å²) in [5.74, 6) is 0.859. The standard InChI is InChI=1S/C23H28N2O/c1-18-8-10-20(11-9-18)23(13-14-23)22(26)24(2)16-19-12-15-25(17-19)21-6-4-3-5-7-21/h3-11,19H,12-17H2,1-2H3/t19-/m1/s1. The van der Waals surface area contributed by atoms with E-state index in [9.17, 15) is 4.79 Å². The first-order chi connectivity index (χ1) is 12.6. The number of benzene rings is 2. The van der Waals surface area contributed by atoms with E-state index >= 15 is 0 Å². The smallest absolute Gasteiger partial charge is 0.232 e. The summed E-state index contributed by atoms with van der Waals surface area (Å²) < 4.78 is 0. The van der Waals surface area contributed by atoms with E-state index in [2.05, 4.69) is 66.4 Å². The van der Waals surface area contributed by atoms with E-state index < -0.39 is 0 Å². The van der Waals surface area contributed by atoms with Crippen molar-refractivity contribution in [3.8, 4) is 0 Å². The van der Waals surface area contributed by atoms with Gasteiger partial charge in [-0.2, -0.15) is 0 Å². The average Bonchev–Trinajstić information content (AvgIpc) is 3.35.